The zero-order chi connectivity index (χ0) is 14.8. The molecular formula is C16H12Cl2N2O. The Hall–Kier alpha value is -1.84. The molecule has 106 valence electrons. The van der Waals surface area contributed by atoms with Gasteiger partial charge in [-0.1, -0.05) is 47.5 Å². The van der Waals surface area contributed by atoms with Crippen LogP contribution in [0.25, 0.3) is 11.0 Å². The molecule has 3 nitrogen and oxygen atoms in total. The predicted molar refractivity (Wildman–Crippen MR) is 84.9 cm³/mol. The van der Waals surface area contributed by atoms with E-state index in [0.717, 1.165) is 16.6 Å². The van der Waals surface area contributed by atoms with Crippen molar-refractivity contribution in [3.63, 3.8) is 0 Å². The third kappa shape index (κ3) is 2.94. The Bertz CT molecular complexity index is 811. The van der Waals surface area contributed by atoms with Crippen LogP contribution >= 0.6 is 23.2 Å². The van der Waals surface area contributed by atoms with Gasteiger partial charge in [0.15, 0.2) is 5.78 Å². The first-order valence-electron chi connectivity index (χ1n) is 6.49. The molecule has 0 aliphatic carbocycles. The Morgan fingerprint density at radius 1 is 1.10 bits per heavy atom. The van der Waals surface area contributed by atoms with E-state index in [1.54, 1.807) is 18.5 Å². The van der Waals surface area contributed by atoms with Gasteiger partial charge in [-0.3, -0.25) is 4.79 Å². The summed E-state index contributed by atoms with van der Waals surface area (Å²) in [4.78, 5) is 16.5. The molecule has 0 atom stereocenters. The third-order valence-corrected chi connectivity index (χ3v) is 4.15. The van der Waals surface area contributed by atoms with Crippen molar-refractivity contribution in [2.75, 3.05) is 0 Å². The smallest absolute Gasteiger partial charge is 0.156 e. The van der Waals surface area contributed by atoms with Crippen molar-refractivity contribution < 1.29 is 4.79 Å². The van der Waals surface area contributed by atoms with Crippen LogP contribution in [-0.2, 0) is 17.8 Å². The summed E-state index contributed by atoms with van der Waals surface area (Å²) in [5.41, 5.74) is 2.58. The summed E-state index contributed by atoms with van der Waals surface area (Å²) < 4.78 is 1.84. The highest BCUT2D eigenvalue weighted by atomic mass is 35.5. The Kier molecular flexibility index (Phi) is 3.95. The van der Waals surface area contributed by atoms with Crippen molar-refractivity contribution in [1.29, 1.82) is 0 Å². The minimum absolute atomic E-state index is 0.0577. The Labute approximate surface area is 132 Å². The van der Waals surface area contributed by atoms with Crippen LogP contribution in [0.2, 0.25) is 10.0 Å². The number of halogens is 2. The van der Waals surface area contributed by atoms with Gasteiger partial charge >= 0.3 is 0 Å². The number of aromatic nitrogens is 2. The van der Waals surface area contributed by atoms with E-state index in [1.165, 1.54) is 0 Å². The highest BCUT2D eigenvalue weighted by Crippen LogP contribution is 2.26. The molecule has 0 radical (unpaired) electrons. The number of hydrogen-bond donors (Lipinski definition) is 0. The maximum atomic E-state index is 12.2. The van der Waals surface area contributed by atoms with Crippen LogP contribution < -0.4 is 0 Å². The lowest BCUT2D eigenvalue weighted by Gasteiger charge is -2.06. The highest BCUT2D eigenvalue weighted by Gasteiger charge is 2.11. The molecule has 0 spiro atoms. The second kappa shape index (κ2) is 5.88. The number of rotatable bonds is 4. The number of para-hydroxylation sites is 2. The summed E-state index contributed by atoms with van der Waals surface area (Å²) in [6.45, 7) is 0.267. The van der Waals surface area contributed by atoms with Crippen molar-refractivity contribution >= 4 is 40.0 Å². The minimum atomic E-state index is 0.0577. The lowest BCUT2D eigenvalue weighted by molar-refractivity contribution is -0.118. The molecule has 2 aromatic carbocycles. The molecule has 21 heavy (non-hydrogen) atoms. The van der Waals surface area contributed by atoms with Crippen LogP contribution in [0.3, 0.4) is 0 Å². The summed E-state index contributed by atoms with van der Waals surface area (Å²) >= 11 is 12.1. The average Bonchev–Trinajstić information content (AvgIpc) is 2.87. The van der Waals surface area contributed by atoms with Gasteiger partial charge < -0.3 is 4.57 Å². The maximum Gasteiger partial charge on any atom is 0.156 e. The summed E-state index contributed by atoms with van der Waals surface area (Å²) in [7, 11) is 0. The monoisotopic (exact) mass is 318 g/mol. The number of ketones is 1. The molecule has 0 bridgehead atoms. The van der Waals surface area contributed by atoms with E-state index in [1.807, 2.05) is 34.9 Å². The largest absolute Gasteiger partial charge is 0.323 e. The van der Waals surface area contributed by atoms with E-state index >= 15 is 0 Å². The number of fused-ring (bicyclic) bond motifs is 1. The molecule has 5 heteroatoms. The molecule has 3 rings (SSSR count). The van der Waals surface area contributed by atoms with Crippen LogP contribution in [0.15, 0.2) is 48.8 Å². The van der Waals surface area contributed by atoms with E-state index in [0.29, 0.717) is 10.0 Å². The molecule has 0 unspecified atom stereocenters. The molecule has 0 fully saturated rings. The molecule has 0 aliphatic heterocycles. The molecule has 1 heterocycles. The molecule has 1 aromatic heterocycles. The van der Waals surface area contributed by atoms with Crippen LogP contribution in [-0.4, -0.2) is 15.3 Å². The van der Waals surface area contributed by atoms with Crippen LogP contribution in [0.5, 0.6) is 0 Å². The summed E-state index contributed by atoms with van der Waals surface area (Å²) in [5.74, 6) is 0.0577. The molecule has 0 saturated carbocycles. The van der Waals surface area contributed by atoms with Gasteiger partial charge in [-0.2, -0.15) is 0 Å². The molecule has 3 aromatic rings. The molecule has 0 aliphatic rings. The van der Waals surface area contributed by atoms with Crippen molar-refractivity contribution in [2.45, 2.75) is 13.0 Å². The molecular weight excluding hydrogens is 307 g/mol. The Morgan fingerprint density at radius 3 is 2.76 bits per heavy atom. The van der Waals surface area contributed by atoms with Gasteiger partial charge in [-0.05, 0) is 23.8 Å². The maximum absolute atomic E-state index is 12.2. The molecule has 0 N–H and O–H groups in total. The van der Waals surface area contributed by atoms with E-state index in [2.05, 4.69) is 4.98 Å². The van der Waals surface area contributed by atoms with Crippen molar-refractivity contribution in [1.82, 2.24) is 9.55 Å². The van der Waals surface area contributed by atoms with E-state index in [9.17, 15) is 4.79 Å². The van der Waals surface area contributed by atoms with Crippen LogP contribution in [0.4, 0.5) is 0 Å². The van der Waals surface area contributed by atoms with Gasteiger partial charge in [-0.25, -0.2) is 4.98 Å². The predicted octanol–water partition coefficient (Wildman–Crippen LogP) is 4.15. The second-order valence-electron chi connectivity index (χ2n) is 4.79. The lowest BCUT2D eigenvalue weighted by Crippen LogP contribution is -2.12. The van der Waals surface area contributed by atoms with Crippen molar-refractivity contribution in [3.8, 4) is 0 Å². The van der Waals surface area contributed by atoms with Gasteiger partial charge in [0.2, 0.25) is 0 Å². The Morgan fingerprint density at radius 2 is 1.90 bits per heavy atom. The summed E-state index contributed by atoms with van der Waals surface area (Å²) in [6.07, 6.45) is 1.94. The third-order valence-electron chi connectivity index (χ3n) is 3.29. The van der Waals surface area contributed by atoms with E-state index in [4.69, 9.17) is 23.2 Å². The highest BCUT2D eigenvalue weighted by molar-refractivity contribution is 6.42. The van der Waals surface area contributed by atoms with Gasteiger partial charge in [0.25, 0.3) is 0 Å². The quantitative estimate of drug-likeness (QED) is 0.724. The van der Waals surface area contributed by atoms with Gasteiger partial charge in [-0.15, -0.1) is 0 Å². The number of benzene rings is 2. The number of Topliss-reactive ketones (excluding diaryl/α,β-unsaturated/α-hetero) is 1. The van der Waals surface area contributed by atoms with Crippen molar-refractivity contribution in [2.24, 2.45) is 0 Å². The van der Waals surface area contributed by atoms with Crippen LogP contribution in [0.1, 0.15) is 5.56 Å². The SMILES string of the molecule is O=C(Cc1cccc(Cl)c1Cl)Cn1cnc2ccccc21. The normalized spacial score (nSPS) is 11.0. The number of nitrogens with zero attached hydrogens (tertiary/aromatic N) is 2. The fraction of sp³-hybridized carbons (Fsp3) is 0.125. The first kappa shape index (κ1) is 14.1. The number of carbonyl (C=O) groups is 1. The van der Waals surface area contributed by atoms with E-state index < -0.39 is 0 Å². The van der Waals surface area contributed by atoms with Crippen LogP contribution in [0, 0.1) is 0 Å². The fourth-order valence-corrected chi connectivity index (χ4v) is 2.67. The van der Waals surface area contributed by atoms with E-state index in [-0.39, 0.29) is 18.7 Å². The van der Waals surface area contributed by atoms with Crippen molar-refractivity contribution in [3.05, 3.63) is 64.4 Å². The molecule has 0 saturated heterocycles. The van der Waals surface area contributed by atoms with Gasteiger partial charge in [0.05, 0.1) is 34.0 Å². The number of hydrogen-bond acceptors (Lipinski definition) is 2. The Balaban J connectivity index is 1.79. The lowest BCUT2D eigenvalue weighted by atomic mass is 10.1. The zero-order valence-electron chi connectivity index (χ0n) is 11.1. The second-order valence-corrected chi connectivity index (χ2v) is 5.57. The topological polar surface area (TPSA) is 34.9 Å². The first-order valence-corrected chi connectivity index (χ1v) is 7.25. The zero-order valence-corrected chi connectivity index (χ0v) is 12.6. The number of carbonyl (C=O) groups excluding carboxylic acids is 1. The minimum Gasteiger partial charge on any atom is -0.323 e. The average molecular weight is 319 g/mol. The van der Waals surface area contributed by atoms with Gasteiger partial charge in [0.1, 0.15) is 0 Å². The van der Waals surface area contributed by atoms with Gasteiger partial charge in [0, 0.05) is 6.42 Å². The molecule has 0 amide bonds. The first-order chi connectivity index (χ1) is 10.1. The summed E-state index contributed by atoms with van der Waals surface area (Å²) in [5, 5.41) is 0.915. The standard InChI is InChI=1S/C16H12Cl2N2O/c17-13-5-3-4-11(16(13)18)8-12(21)9-20-10-19-14-6-1-2-7-15(14)20/h1-7,10H,8-9H2. The summed E-state index contributed by atoms with van der Waals surface area (Å²) in [6, 6.07) is 13.0. The fourth-order valence-electron chi connectivity index (χ4n) is 2.28. The number of imidazole rings is 1.